The summed E-state index contributed by atoms with van der Waals surface area (Å²) in [7, 11) is 0. The predicted octanol–water partition coefficient (Wildman–Crippen LogP) is 3.35. The average Bonchev–Trinajstić information content (AvgIpc) is 2.44. The number of piperidine rings is 1. The Kier molecular flexibility index (Phi) is 3.76. The maximum atomic E-state index is 13.1. The van der Waals surface area contributed by atoms with E-state index in [9.17, 15) is 8.78 Å². The highest BCUT2D eigenvalue weighted by Gasteiger charge is 2.24. The topological polar surface area (TPSA) is 42.1 Å². The van der Waals surface area contributed by atoms with E-state index in [-0.39, 0.29) is 11.6 Å². The molecule has 0 radical (unpaired) electrons. The highest BCUT2D eigenvalue weighted by Crippen LogP contribution is 2.34. The van der Waals surface area contributed by atoms with Crippen LogP contribution in [0.25, 0.3) is 10.9 Å². The molecule has 1 saturated heterocycles. The number of alkyl halides is 2. The summed E-state index contributed by atoms with van der Waals surface area (Å²) in [6, 6.07) is 7.02. The Balaban J connectivity index is 2.09. The fourth-order valence-electron chi connectivity index (χ4n) is 3.23. The van der Waals surface area contributed by atoms with Gasteiger partial charge in [0.05, 0.1) is 5.52 Å². The Bertz CT molecular complexity index is 634. The van der Waals surface area contributed by atoms with E-state index in [0.717, 1.165) is 30.6 Å². The number of pyridine rings is 1. The Morgan fingerprint density at radius 1 is 1.29 bits per heavy atom. The summed E-state index contributed by atoms with van der Waals surface area (Å²) < 4.78 is 26.2. The molecule has 1 fully saturated rings. The lowest BCUT2D eigenvalue weighted by Crippen LogP contribution is -2.46. The van der Waals surface area contributed by atoms with E-state index in [2.05, 4.69) is 16.8 Å². The lowest BCUT2D eigenvalue weighted by Gasteiger charge is -2.37. The number of anilines is 1. The van der Waals surface area contributed by atoms with Crippen LogP contribution in [0.2, 0.25) is 0 Å². The number of rotatable bonds is 2. The number of nitrogens with zero attached hydrogens (tertiary/aromatic N) is 2. The van der Waals surface area contributed by atoms with Crippen molar-refractivity contribution in [3.8, 4) is 0 Å². The van der Waals surface area contributed by atoms with E-state index in [1.807, 2.05) is 6.07 Å². The van der Waals surface area contributed by atoms with Crippen LogP contribution in [0, 0.1) is 5.92 Å². The normalized spacial score (nSPS) is 23.0. The molecule has 0 bridgehead atoms. The fraction of sp³-hybridized carbons (Fsp3) is 0.438. The molecule has 2 aromatic rings. The minimum Gasteiger partial charge on any atom is -0.369 e. The van der Waals surface area contributed by atoms with Crippen LogP contribution in [0.3, 0.4) is 0 Å². The van der Waals surface area contributed by atoms with Crippen LogP contribution in [0.15, 0.2) is 30.5 Å². The smallest absolute Gasteiger partial charge is 0.265 e. The van der Waals surface area contributed by atoms with Crippen molar-refractivity contribution in [1.29, 1.82) is 0 Å². The summed E-state index contributed by atoms with van der Waals surface area (Å²) in [5.41, 5.74) is 7.42. The summed E-state index contributed by atoms with van der Waals surface area (Å²) in [6.07, 6.45) is 0.0451. The standard InChI is InChI=1S/C16H19F2N3/c1-10-7-11(19)9-21(8-10)14-5-4-13(16(17)18)15-12(14)3-2-6-20-15/h2-6,10-11,16H,7-9,19H2,1H3/t10-,11?/m0/s1. The number of benzene rings is 1. The first-order valence-electron chi connectivity index (χ1n) is 7.22. The quantitative estimate of drug-likeness (QED) is 0.922. The van der Waals surface area contributed by atoms with Crippen LogP contribution in [-0.4, -0.2) is 24.1 Å². The number of nitrogens with two attached hydrogens (primary N) is 1. The zero-order valence-electron chi connectivity index (χ0n) is 12.0. The minimum atomic E-state index is -2.51. The van der Waals surface area contributed by atoms with E-state index in [0.29, 0.717) is 11.4 Å². The molecule has 1 aromatic heterocycles. The van der Waals surface area contributed by atoms with Gasteiger partial charge in [0.1, 0.15) is 0 Å². The monoisotopic (exact) mass is 291 g/mol. The molecule has 0 saturated carbocycles. The van der Waals surface area contributed by atoms with E-state index in [4.69, 9.17) is 5.73 Å². The van der Waals surface area contributed by atoms with Gasteiger partial charge in [-0.1, -0.05) is 6.92 Å². The second-order valence-corrected chi connectivity index (χ2v) is 5.88. The fourth-order valence-corrected chi connectivity index (χ4v) is 3.23. The minimum absolute atomic E-state index is 0.0105. The predicted molar refractivity (Wildman–Crippen MR) is 80.7 cm³/mol. The molecule has 0 spiro atoms. The second kappa shape index (κ2) is 5.56. The lowest BCUT2D eigenvalue weighted by atomic mass is 9.95. The van der Waals surface area contributed by atoms with E-state index in [1.54, 1.807) is 18.3 Å². The van der Waals surface area contributed by atoms with Crippen molar-refractivity contribution < 1.29 is 8.78 Å². The van der Waals surface area contributed by atoms with Crippen molar-refractivity contribution in [2.24, 2.45) is 11.7 Å². The summed E-state index contributed by atoms with van der Waals surface area (Å²) in [5.74, 6) is 0.496. The maximum Gasteiger partial charge on any atom is 0.265 e. The van der Waals surface area contributed by atoms with E-state index in [1.165, 1.54) is 6.07 Å². The molecule has 112 valence electrons. The third-order valence-electron chi connectivity index (χ3n) is 4.05. The maximum absolute atomic E-state index is 13.1. The lowest BCUT2D eigenvalue weighted by molar-refractivity contribution is 0.153. The van der Waals surface area contributed by atoms with Gasteiger partial charge in [0, 0.05) is 42.0 Å². The van der Waals surface area contributed by atoms with Crippen molar-refractivity contribution in [2.45, 2.75) is 25.8 Å². The van der Waals surface area contributed by atoms with Gasteiger partial charge >= 0.3 is 0 Å². The van der Waals surface area contributed by atoms with Crippen molar-refractivity contribution in [2.75, 3.05) is 18.0 Å². The molecule has 1 unspecified atom stereocenters. The van der Waals surface area contributed by atoms with E-state index >= 15 is 0 Å². The van der Waals surface area contributed by atoms with Gasteiger partial charge in [0.2, 0.25) is 0 Å². The van der Waals surface area contributed by atoms with Crippen LogP contribution in [-0.2, 0) is 0 Å². The van der Waals surface area contributed by atoms with Gasteiger partial charge in [-0.05, 0) is 36.6 Å². The SMILES string of the molecule is C[C@H]1CC(N)CN(c2ccc(C(F)F)c3ncccc23)C1. The second-order valence-electron chi connectivity index (χ2n) is 5.88. The first-order chi connectivity index (χ1) is 10.1. The van der Waals surface area contributed by atoms with Crippen LogP contribution in [0.5, 0.6) is 0 Å². The third kappa shape index (κ3) is 2.70. The molecule has 1 aromatic carbocycles. The molecule has 1 aliphatic rings. The first-order valence-corrected chi connectivity index (χ1v) is 7.22. The molecule has 3 rings (SSSR count). The van der Waals surface area contributed by atoms with Crippen LogP contribution >= 0.6 is 0 Å². The number of fused-ring (bicyclic) bond motifs is 1. The number of aromatic nitrogens is 1. The first kappa shape index (κ1) is 14.2. The van der Waals surface area contributed by atoms with Crippen molar-refractivity contribution >= 4 is 16.6 Å². The van der Waals surface area contributed by atoms with Crippen LogP contribution < -0.4 is 10.6 Å². The van der Waals surface area contributed by atoms with Gasteiger partial charge in [0.25, 0.3) is 6.43 Å². The van der Waals surface area contributed by atoms with Gasteiger partial charge in [-0.25, -0.2) is 8.78 Å². The molecule has 1 aliphatic heterocycles. The molecule has 2 N–H and O–H groups in total. The molecular weight excluding hydrogens is 272 g/mol. The summed E-state index contributed by atoms with van der Waals surface area (Å²) in [6.45, 7) is 3.81. The van der Waals surface area contributed by atoms with Gasteiger partial charge < -0.3 is 10.6 Å². The summed E-state index contributed by atoms with van der Waals surface area (Å²) in [5, 5.41) is 0.775. The molecule has 5 heteroatoms. The Morgan fingerprint density at radius 3 is 2.81 bits per heavy atom. The Labute approximate surface area is 122 Å². The number of hydrogen-bond acceptors (Lipinski definition) is 3. The van der Waals surface area contributed by atoms with Gasteiger partial charge in [0.15, 0.2) is 0 Å². The highest BCUT2D eigenvalue weighted by molar-refractivity contribution is 5.94. The van der Waals surface area contributed by atoms with Crippen molar-refractivity contribution in [1.82, 2.24) is 4.98 Å². The number of halogens is 2. The van der Waals surface area contributed by atoms with Crippen LogP contribution in [0.1, 0.15) is 25.3 Å². The summed E-state index contributed by atoms with van der Waals surface area (Å²) >= 11 is 0. The van der Waals surface area contributed by atoms with E-state index < -0.39 is 6.43 Å². The number of hydrogen-bond donors (Lipinski definition) is 1. The largest absolute Gasteiger partial charge is 0.369 e. The van der Waals surface area contributed by atoms with Gasteiger partial charge in [-0.2, -0.15) is 0 Å². The van der Waals surface area contributed by atoms with Gasteiger partial charge in [-0.15, -0.1) is 0 Å². The highest BCUT2D eigenvalue weighted by atomic mass is 19.3. The Morgan fingerprint density at radius 2 is 2.10 bits per heavy atom. The Hall–Kier alpha value is -1.75. The van der Waals surface area contributed by atoms with Crippen molar-refractivity contribution in [3.63, 3.8) is 0 Å². The zero-order valence-corrected chi connectivity index (χ0v) is 12.0. The average molecular weight is 291 g/mol. The van der Waals surface area contributed by atoms with Crippen molar-refractivity contribution in [3.05, 3.63) is 36.0 Å². The molecule has 0 amide bonds. The van der Waals surface area contributed by atoms with Crippen LogP contribution in [0.4, 0.5) is 14.5 Å². The molecular formula is C16H19F2N3. The molecule has 2 atom stereocenters. The molecule has 2 heterocycles. The summed E-state index contributed by atoms with van der Waals surface area (Å²) in [4.78, 5) is 6.35. The third-order valence-corrected chi connectivity index (χ3v) is 4.05. The molecule has 0 aliphatic carbocycles. The van der Waals surface area contributed by atoms with Gasteiger partial charge in [-0.3, -0.25) is 4.98 Å². The molecule has 21 heavy (non-hydrogen) atoms. The molecule has 3 nitrogen and oxygen atoms in total. The zero-order chi connectivity index (χ0) is 15.0.